The highest BCUT2D eigenvalue weighted by Crippen LogP contribution is 2.28. The van der Waals surface area contributed by atoms with Crippen molar-refractivity contribution < 1.29 is 18.7 Å². The summed E-state index contributed by atoms with van der Waals surface area (Å²) in [6.45, 7) is 1.63. The van der Waals surface area contributed by atoms with E-state index in [1.165, 1.54) is 6.07 Å². The Labute approximate surface area is 159 Å². The van der Waals surface area contributed by atoms with Gasteiger partial charge in [-0.2, -0.15) is 0 Å². The average molecular weight is 372 g/mol. The van der Waals surface area contributed by atoms with Crippen molar-refractivity contribution in [2.45, 2.75) is 19.3 Å². The monoisotopic (exact) mass is 372 g/mol. The number of methoxy groups -OCH3 is 2. The van der Waals surface area contributed by atoms with E-state index in [-0.39, 0.29) is 18.3 Å². The zero-order valence-electron chi connectivity index (χ0n) is 15.8. The molecule has 0 radical (unpaired) electrons. The van der Waals surface area contributed by atoms with Crippen LogP contribution in [-0.2, 0) is 17.6 Å². The molecule has 0 saturated heterocycles. The zero-order chi connectivity index (χ0) is 19.2. The topological polar surface area (TPSA) is 50.8 Å². The highest BCUT2D eigenvalue weighted by molar-refractivity contribution is 5.81. The van der Waals surface area contributed by atoms with Gasteiger partial charge in [-0.1, -0.05) is 6.07 Å². The Kier molecular flexibility index (Phi) is 6.16. The average Bonchev–Trinajstić information content (AvgIpc) is 2.67. The van der Waals surface area contributed by atoms with Gasteiger partial charge in [0.25, 0.3) is 0 Å². The normalized spacial score (nSPS) is 13.1. The summed E-state index contributed by atoms with van der Waals surface area (Å²) in [5.74, 6) is 1.10. The molecule has 1 N–H and O–H groups in total. The van der Waals surface area contributed by atoms with Crippen LogP contribution in [0.4, 0.5) is 10.1 Å². The van der Waals surface area contributed by atoms with Crippen molar-refractivity contribution in [3.05, 3.63) is 53.3 Å². The molecule has 0 fully saturated rings. The molecule has 1 heterocycles. The molecular weight excluding hydrogens is 347 g/mol. The molecule has 0 saturated carbocycles. The molecule has 5 nitrogen and oxygen atoms in total. The van der Waals surface area contributed by atoms with Crippen LogP contribution in [0, 0.1) is 5.82 Å². The van der Waals surface area contributed by atoms with E-state index in [0.717, 1.165) is 36.2 Å². The van der Waals surface area contributed by atoms with E-state index in [9.17, 15) is 9.18 Å². The number of carbonyl (C=O) groups is 1. The number of ether oxygens (including phenoxy) is 2. The number of carbonyl (C=O) groups excluding carboxylic acids is 1. The second-order valence-electron chi connectivity index (χ2n) is 6.59. The summed E-state index contributed by atoms with van der Waals surface area (Å²) in [6.07, 6.45) is 2.48. The van der Waals surface area contributed by atoms with Crippen LogP contribution in [0.5, 0.6) is 11.5 Å². The summed E-state index contributed by atoms with van der Waals surface area (Å²) in [6, 6.07) is 10.5. The molecule has 0 aliphatic carbocycles. The highest BCUT2D eigenvalue weighted by Gasteiger charge is 2.19. The van der Waals surface area contributed by atoms with Gasteiger partial charge < -0.3 is 19.7 Å². The first-order chi connectivity index (χ1) is 13.1. The van der Waals surface area contributed by atoms with Gasteiger partial charge in [-0.15, -0.1) is 0 Å². The predicted octanol–water partition coefficient (Wildman–Crippen LogP) is 2.95. The quantitative estimate of drug-likeness (QED) is 0.812. The number of benzene rings is 2. The third kappa shape index (κ3) is 4.70. The second kappa shape index (κ2) is 8.75. The number of hydrogen-bond acceptors (Lipinski definition) is 4. The van der Waals surface area contributed by atoms with Crippen LogP contribution in [-0.4, -0.2) is 39.8 Å². The van der Waals surface area contributed by atoms with Gasteiger partial charge in [0, 0.05) is 18.8 Å². The van der Waals surface area contributed by atoms with E-state index in [4.69, 9.17) is 9.47 Å². The van der Waals surface area contributed by atoms with Gasteiger partial charge in [0.1, 0.15) is 5.82 Å². The molecular formula is C21H25FN2O3. The second-order valence-corrected chi connectivity index (χ2v) is 6.59. The minimum Gasteiger partial charge on any atom is -0.493 e. The van der Waals surface area contributed by atoms with Gasteiger partial charge >= 0.3 is 0 Å². The molecule has 144 valence electrons. The van der Waals surface area contributed by atoms with E-state index in [0.29, 0.717) is 24.5 Å². The summed E-state index contributed by atoms with van der Waals surface area (Å²) in [7, 11) is 3.20. The molecule has 0 unspecified atom stereocenters. The van der Waals surface area contributed by atoms with Gasteiger partial charge in [-0.25, -0.2) is 4.39 Å². The van der Waals surface area contributed by atoms with Crippen LogP contribution in [0.3, 0.4) is 0 Å². The molecule has 2 aromatic rings. The van der Waals surface area contributed by atoms with Gasteiger partial charge in [-0.3, -0.25) is 4.79 Å². The lowest BCUT2D eigenvalue weighted by atomic mass is 10.0. The number of nitrogens with zero attached hydrogens (tertiary/aromatic N) is 1. The minimum atomic E-state index is -0.227. The lowest BCUT2D eigenvalue weighted by molar-refractivity contribution is -0.119. The summed E-state index contributed by atoms with van der Waals surface area (Å²) < 4.78 is 23.9. The van der Waals surface area contributed by atoms with Crippen LogP contribution in [0.1, 0.15) is 17.5 Å². The maximum Gasteiger partial charge on any atom is 0.239 e. The lowest BCUT2D eigenvalue weighted by Gasteiger charge is -2.30. The Morgan fingerprint density at radius 3 is 2.74 bits per heavy atom. The molecule has 0 aromatic heterocycles. The SMILES string of the molecule is COc1ccc(CCNC(=O)CN2CCCc3cc(F)ccc32)cc1OC. The number of anilines is 1. The smallest absolute Gasteiger partial charge is 0.239 e. The first-order valence-corrected chi connectivity index (χ1v) is 9.11. The Morgan fingerprint density at radius 2 is 1.96 bits per heavy atom. The number of rotatable bonds is 7. The molecule has 6 heteroatoms. The van der Waals surface area contributed by atoms with Crippen LogP contribution in [0.15, 0.2) is 36.4 Å². The van der Waals surface area contributed by atoms with Crippen molar-refractivity contribution in [1.29, 1.82) is 0 Å². The van der Waals surface area contributed by atoms with Crippen LogP contribution >= 0.6 is 0 Å². The maximum absolute atomic E-state index is 13.4. The Balaban J connectivity index is 1.52. The third-order valence-electron chi connectivity index (χ3n) is 4.77. The fraction of sp³-hybridized carbons (Fsp3) is 0.381. The maximum atomic E-state index is 13.4. The third-order valence-corrected chi connectivity index (χ3v) is 4.77. The van der Waals surface area contributed by atoms with Gasteiger partial charge in [-0.05, 0) is 60.7 Å². The summed E-state index contributed by atoms with van der Waals surface area (Å²) in [5, 5.41) is 2.96. The van der Waals surface area contributed by atoms with Crippen molar-refractivity contribution in [2.24, 2.45) is 0 Å². The van der Waals surface area contributed by atoms with E-state index < -0.39 is 0 Å². The van der Waals surface area contributed by atoms with Gasteiger partial charge in [0.2, 0.25) is 5.91 Å². The number of halogens is 1. The van der Waals surface area contributed by atoms with Crippen molar-refractivity contribution in [1.82, 2.24) is 5.32 Å². The highest BCUT2D eigenvalue weighted by atomic mass is 19.1. The van der Waals surface area contributed by atoms with Crippen molar-refractivity contribution in [3.63, 3.8) is 0 Å². The number of hydrogen-bond donors (Lipinski definition) is 1. The van der Waals surface area contributed by atoms with E-state index in [1.54, 1.807) is 26.4 Å². The largest absolute Gasteiger partial charge is 0.493 e. The number of amides is 1. The fourth-order valence-electron chi connectivity index (χ4n) is 3.42. The summed E-state index contributed by atoms with van der Waals surface area (Å²) in [5.41, 5.74) is 2.99. The fourth-order valence-corrected chi connectivity index (χ4v) is 3.42. The van der Waals surface area contributed by atoms with E-state index in [2.05, 4.69) is 5.32 Å². The molecule has 1 amide bonds. The summed E-state index contributed by atoms with van der Waals surface area (Å²) in [4.78, 5) is 14.3. The molecule has 3 rings (SSSR count). The molecule has 1 aliphatic heterocycles. The van der Waals surface area contributed by atoms with Crippen molar-refractivity contribution in [2.75, 3.05) is 38.8 Å². The predicted molar refractivity (Wildman–Crippen MR) is 103 cm³/mol. The van der Waals surface area contributed by atoms with Crippen LogP contribution in [0.2, 0.25) is 0 Å². The summed E-state index contributed by atoms with van der Waals surface area (Å²) >= 11 is 0. The Morgan fingerprint density at radius 1 is 1.15 bits per heavy atom. The lowest BCUT2D eigenvalue weighted by Crippen LogP contribution is -2.40. The number of nitrogens with one attached hydrogen (secondary N) is 1. The van der Waals surface area contributed by atoms with Gasteiger partial charge in [0.05, 0.1) is 20.8 Å². The first-order valence-electron chi connectivity index (χ1n) is 9.11. The van der Waals surface area contributed by atoms with E-state index >= 15 is 0 Å². The molecule has 2 aromatic carbocycles. The number of fused-ring (bicyclic) bond motifs is 1. The molecule has 27 heavy (non-hydrogen) atoms. The Bertz CT molecular complexity index is 810. The zero-order valence-corrected chi connectivity index (χ0v) is 15.8. The van der Waals surface area contributed by atoms with Crippen LogP contribution < -0.4 is 19.7 Å². The van der Waals surface area contributed by atoms with E-state index in [1.807, 2.05) is 23.1 Å². The molecule has 0 atom stereocenters. The van der Waals surface area contributed by atoms with Crippen molar-refractivity contribution in [3.8, 4) is 11.5 Å². The molecule has 0 bridgehead atoms. The van der Waals surface area contributed by atoms with Crippen molar-refractivity contribution >= 4 is 11.6 Å². The number of aryl methyl sites for hydroxylation is 1. The standard InChI is InChI=1S/C21H25FN2O3/c1-26-19-8-5-15(12-20(19)27-2)9-10-23-21(25)14-24-11-3-4-16-13-17(22)6-7-18(16)24/h5-8,12-13H,3-4,9-11,14H2,1-2H3,(H,23,25). The molecule has 1 aliphatic rings. The molecule has 0 spiro atoms. The first kappa shape index (κ1) is 19.0. The minimum absolute atomic E-state index is 0.0346. The Hall–Kier alpha value is -2.76. The van der Waals surface area contributed by atoms with Crippen LogP contribution in [0.25, 0.3) is 0 Å². The van der Waals surface area contributed by atoms with Gasteiger partial charge in [0.15, 0.2) is 11.5 Å².